The quantitative estimate of drug-likeness (QED) is 0.805. The molecular formula is C11H17NO3. The van der Waals surface area contributed by atoms with E-state index in [-0.39, 0.29) is 12.3 Å². The maximum Gasteiger partial charge on any atom is 0.159 e. The molecule has 2 heterocycles. The van der Waals surface area contributed by atoms with E-state index in [9.17, 15) is 0 Å². The first kappa shape index (κ1) is 10.7. The second kappa shape index (κ2) is 5.30. The minimum atomic E-state index is -0.0980. The minimum absolute atomic E-state index is 0.0980. The molecule has 1 unspecified atom stereocenters. The fourth-order valence-electron chi connectivity index (χ4n) is 1.77. The molecule has 0 radical (unpaired) electrons. The zero-order chi connectivity index (χ0) is 10.5. The van der Waals surface area contributed by atoms with E-state index in [1.165, 1.54) is 0 Å². The first-order valence-corrected chi connectivity index (χ1v) is 5.40. The normalized spacial score (nSPS) is 19.5. The van der Waals surface area contributed by atoms with Crippen molar-refractivity contribution >= 4 is 0 Å². The van der Waals surface area contributed by atoms with Gasteiger partial charge in [-0.25, -0.2) is 0 Å². The molecule has 1 saturated heterocycles. The van der Waals surface area contributed by atoms with Gasteiger partial charge in [-0.05, 0) is 18.7 Å². The van der Waals surface area contributed by atoms with Gasteiger partial charge in [-0.2, -0.15) is 0 Å². The van der Waals surface area contributed by atoms with E-state index >= 15 is 0 Å². The molecule has 1 aliphatic rings. The van der Waals surface area contributed by atoms with E-state index in [1.807, 2.05) is 12.1 Å². The molecule has 1 aromatic heterocycles. The summed E-state index contributed by atoms with van der Waals surface area (Å²) in [5.74, 6) is 0.941. The van der Waals surface area contributed by atoms with Gasteiger partial charge in [0.2, 0.25) is 0 Å². The monoisotopic (exact) mass is 211 g/mol. The van der Waals surface area contributed by atoms with Crippen molar-refractivity contribution in [1.82, 2.24) is 5.32 Å². The van der Waals surface area contributed by atoms with E-state index in [0.717, 1.165) is 18.7 Å². The van der Waals surface area contributed by atoms with Gasteiger partial charge in [0.05, 0.1) is 25.5 Å². The Bertz CT molecular complexity index is 267. The Labute approximate surface area is 89.6 Å². The van der Waals surface area contributed by atoms with E-state index in [2.05, 4.69) is 12.2 Å². The second-order valence-corrected chi connectivity index (χ2v) is 3.53. The van der Waals surface area contributed by atoms with Gasteiger partial charge in [0.15, 0.2) is 6.29 Å². The summed E-state index contributed by atoms with van der Waals surface area (Å²) in [7, 11) is 0. The lowest BCUT2D eigenvalue weighted by Crippen LogP contribution is -2.25. The first-order chi connectivity index (χ1) is 7.40. The number of ether oxygens (including phenoxy) is 2. The number of rotatable bonds is 5. The number of furan rings is 1. The maximum atomic E-state index is 5.42. The molecule has 0 aliphatic carbocycles. The molecule has 84 valence electrons. The molecule has 4 nitrogen and oxygen atoms in total. The van der Waals surface area contributed by atoms with Gasteiger partial charge in [0, 0.05) is 6.42 Å². The first-order valence-electron chi connectivity index (χ1n) is 5.40. The van der Waals surface area contributed by atoms with Gasteiger partial charge in [-0.1, -0.05) is 6.92 Å². The molecular weight excluding hydrogens is 194 g/mol. The summed E-state index contributed by atoms with van der Waals surface area (Å²) < 4.78 is 16.2. The van der Waals surface area contributed by atoms with Gasteiger partial charge >= 0.3 is 0 Å². The molecule has 1 atom stereocenters. The Hall–Kier alpha value is -0.840. The third-order valence-electron chi connectivity index (χ3n) is 2.46. The molecule has 1 N–H and O–H groups in total. The van der Waals surface area contributed by atoms with Gasteiger partial charge in [0.1, 0.15) is 5.76 Å². The highest BCUT2D eigenvalue weighted by Gasteiger charge is 2.23. The van der Waals surface area contributed by atoms with Crippen LogP contribution in [0, 0.1) is 0 Å². The van der Waals surface area contributed by atoms with E-state index in [4.69, 9.17) is 13.9 Å². The van der Waals surface area contributed by atoms with Gasteiger partial charge in [-0.15, -0.1) is 0 Å². The Balaban J connectivity index is 1.93. The van der Waals surface area contributed by atoms with Crippen LogP contribution in [0.4, 0.5) is 0 Å². The zero-order valence-corrected chi connectivity index (χ0v) is 8.94. The molecule has 2 rings (SSSR count). The fraction of sp³-hybridized carbons (Fsp3) is 0.636. The summed E-state index contributed by atoms with van der Waals surface area (Å²) in [6.07, 6.45) is 2.39. The van der Waals surface area contributed by atoms with Crippen LogP contribution < -0.4 is 5.32 Å². The summed E-state index contributed by atoms with van der Waals surface area (Å²) in [4.78, 5) is 0. The molecule has 1 fully saturated rings. The van der Waals surface area contributed by atoms with Crippen molar-refractivity contribution in [3.05, 3.63) is 24.2 Å². The highest BCUT2D eigenvalue weighted by molar-refractivity contribution is 5.04. The van der Waals surface area contributed by atoms with Gasteiger partial charge in [0.25, 0.3) is 0 Å². The Morgan fingerprint density at radius 3 is 2.87 bits per heavy atom. The predicted molar refractivity (Wildman–Crippen MR) is 55.4 cm³/mol. The smallest absolute Gasteiger partial charge is 0.159 e. The SMILES string of the molecule is CCNC(CC1OCCO1)c1ccco1. The Morgan fingerprint density at radius 1 is 1.47 bits per heavy atom. The van der Waals surface area contributed by atoms with Gasteiger partial charge in [-0.3, -0.25) is 0 Å². The lowest BCUT2D eigenvalue weighted by atomic mass is 10.1. The molecule has 1 aliphatic heterocycles. The molecule has 15 heavy (non-hydrogen) atoms. The van der Waals surface area contributed by atoms with Crippen LogP contribution in [0.1, 0.15) is 25.1 Å². The molecule has 0 amide bonds. The average Bonchev–Trinajstić information content (AvgIpc) is 2.89. The van der Waals surface area contributed by atoms with Crippen LogP contribution >= 0.6 is 0 Å². The zero-order valence-electron chi connectivity index (χ0n) is 8.94. The fourth-order valence-corrected chi connectivity index (χ4v) is 1.77. The lowest BCUT2D eigenvalue weighted by Gasteiger charge is -2.18. The Morgan fingerprint density at radius 2 is 2.27 bits per heavy atom. The van der Waals surface area contributed by atoms with Gasteiger partial charge < -0.3 is 19.2 Å². The molecule has 0 saturated carbocycles. The van der Waals surface area contributed by atoms with Crippen LogP contribution in [0.15, 0.2) is 22.8 Å². The van der Waals surface area contributed by atoms with E-state index < -0.39 is 0 Å². The number of hydrogen-bond donors (Lipinski definition) is 1. The maximum absolute atomic E-state index is 5.42. The topological polar surface area (TPSA) is 43.6 Å². The van der Waals surface area contributed by atoms with Crippen molar-refractivity contribution in [2.75, 3.05) is 19.8 Å². The van der Waals surface area contributed by atoms with Crippen molar-refractivity contribution in [2.45, 2.75) is 25.7 Å². The standard InChI is InChI=1S/C11H17NO3/c1-2-12-9(10-4-3-5-13-10)8-11-14-6-7-15-11/h3-5,9,11-12H,2,6-8H2,1H3. The summed E-state index contributed by atoms with van der Waals surface area (Å²) in [5.41, 5.74) is 0. The molecule has 4 heteroatoms. The second-order valence-electron chi connectivity index (χ2n) is 3.53. The highest BCUT2D eigenvalue weighted by atomic mass is 16.7. The van der Waals surface area contributed by atoms with Crippen LogP contribution in [-0.2, 0) is 9.47 Å². The molecule has 1 aromatic rings. The van der Waals surface area contributed by atoms with E-state index in [1.54, 1.807) is 6.26 Å². The lowest BCUT2D eigenvalue weighted by molar-refractivity contribution is -0.0541. The van der Waals surface area contributed by atoms with Crippen molar-refractivity contribution in [2.24, 2.45) is 0 Å². The number of nitrogens with one attached hydrogen (secondary N) is 1. The summed E-state index contributed by atoms with van der Waals surface area (Å²) in [5, 5.41) is 3.36. The largest absolute Gasteiger partial charge is 0.468 e. The summed E-state index contributed by atoms with van der Waals surface area (Å²) in [6, 6.07) is 4.05. The summed E-state index contributed by atoms with van der Waals surface area (Å²) in [6.45, 7) is 4.37. The molecule has 0 spiro atoms. The van der Waals surface area contributed by atoms with E-state index in [0.29, 0.717) is 13.2 Å². The minimum Gasteiger partial charge on any atom is -0.468 e. The summed E-state index contributed by atoms with van der Waals surface area (Å²) >= 11 is 0. The third kappa shape index (κ3) is 2.81. The van der Waals surface area contributed by atoms with Crippen molar-refractivity contribution in [3.8, 4) is 0 Å². The molecule has 0 bridgehead atoms. The van der Waals surface area contributed by atoms with Crippen molar-refractivity contribution in [3.63, 3.8) is 0 Å². The highest BCUT2D eigenvalue weighted by Crippen LogP contribution is 2.22. The van der Waals surface area contributed by atoms with Crippen molar-refractivity contribution < 1.29 is 13.9 Å². The predicted octanol–water partition coefficient (Wildman–Crippen LogP) is 1.69. The average molecular weight is 211 g/mol. The van der Waals surface area contributed by atoms with Crippen LogP contribution in [0.25, 0.3) is 0 Å². The number of hydrogen-bond acceptors (Lipinski definition) is 4. The third-order valence-corrected chi connectivity index (χ3v) is 2.46. The van der Waals surface area contributed by atoms with Crippen molar-refractivity contribution in [1.29, 1.82) is 0 Å². The van der Waals surface area contributed by atoms with Crippen LogP contribution in [0.5, 0.6) is 0 Å². The Kier molecular flexibility index (Phi) is 3.77. The van der Waals surface area contributed by atoms with Crippen LogP contribution in [-0.4, -0.2) is 26.0 Å². The molecule has 0 aromatic carbocycles. The van der Waals surface area contributed by atoms with Crippen LogP contribution in [0.3, 0.4) is 0 Å². The van der Waals surface area contributed by atoms with Crippen LogP contribution in [0.2, 0.25) is 0 Å².